The van der Waals surface area contributed by atoms with Crippen molar-refractivity contribution in [1.82, 2.24) is 9.97 Å². The molecule has 5 heteroatoms. The SMILES string of the molecule is Br.Cc1ncc(CBr)c(N)n1. The molecule has 0 unspecified atom stereocenters. The molecule has 0 fully saturated rings. The van der Waals surface area contributed by atoms with Gasteiger partial charge in [-0.25, -0.2) is 9.97 Å². The zero-order chi connectivity index (χ0) is 7.56. The van der Waals surface area contributed by atoms with Crippen LogP contribution in [-0.2, 0) is 5.33 Å². The Bertz CT molecular complexity index is 239. The molecular formula is C6H9Br2N3. The number of nitrogens with zero attached hydrogens (tertiary/aromatic N) is 2. The average molecular weight is 283 g/mol. The summed E-state index contributed by atoms with van der Waals surface area (Å²) in [6, 6.07) is 0. The highest BCUT2D eigenvalue weighted by Gasteiger charge is 1.97. The third-order valence-corrected chi connectivity index (χ3v) is 1.77. The summed E-state index contributed by atoms with van der Waals surface area (Å²) in [5, 5.41) is 0.707. The van der Waals surface area contributed by atoms with Gasteiger partial charge in [-0.05, 0) is 6.92 Å². The van der Waals surface area contributed by atoms with E-state index < -0.39 is 0 Å². The molecule has 0 saturated carbocycles. The van der Waals surface area contributed by atoms with E-state index >= 15 is 0 Å². The van der Waals surface area contributed by atoms with E-state index in [9.17, 15) is 0 Å². The van der Waals surface area contributed by atoms with Crippen LogP contribution in [0.4, 0.5) is 5.82 Å². The van der Waals surface area contributed by atoms with Crippen molar-refractivity contribution in [3.8, 4) is 0 Å². The third-order valence-electron chi connectivity index (χ3n) is 1.16. The Hall–Kier alpha value is -0.160. The predicted molar refractivity (Wildman–Crippen MR) is 54.1 cm³/mol. The van der Waals surface area contributed by atoms with Crippen molar-refractivity contribution < 1.29 is 0 Å². The summed E-state index contributed by atoms with van der Waals surface area (Å²) in [7, 11) is 0. The number of hydrogen-bond donors (Lipinski definition) is 1. The number of halogens is 2. The van der Waals surface area contributed by atoms with E-state index in [1.807, 2.05) is 6.92 Å². The average Bonchev–Trinajstić information content (AvgIpc) is 1.88. The number of anilines is 1. The first-order valence-corrected chi connectivity index (χ1v) is 4.00. The monoisotopic (exact) mass is 281 g/mol. The number of nitrogen functional groups attached to an aromatic ring is 1. The first-order chi connectivity index (χ1) is 4.74. The van der Waals surface area contributed by atoms with Crippen molar-refractivity contribution in [3.05, 3.63) is 17.6 Å². The molecule has 1 rings (SSSR count). The van der Waals surface area contributed by atoms with Crippen LogP contribution in [0, 0.1) is 6.92 Å². The van der Waals surface area contributed by atoms with Crippen molar-refractivity contribution in [1.29, 1.82) is 0 Å². The normalized spacial score (nSPS) is 8.91. The summed E-state index contributed by atoms with van der Waals surface area (Å²) in [5.41, 5.74) is 6.49. The van der Waals surface area contributed by atoms with Crippen LogP contribution in [0.3, 0.4) is 0 Å². The van der Waals surface area contributed by atoms with Crippen LogP contribution in [0.1, 0.15) is 11.4 Å². The number of aryl methyl sites for hydroxylation is 1. The second-order valence-corrected chi connectivity index (χ2v) is 2.52. The maximum Gasteiger partial charge on any atom is 0.131 e. The fourth-order valence-electron chi connectivity index (χ4n) is 0.615. The molecule has 0 aliphatic heterocycles. The Morgan fingerprint density at radius 1 is 1.64 bits per heavy atom. The van der Waals surface area contributed by atoms with Crippen LogP contribution in [-0.4, -0.2) is 9.97 Å². The van der Waals surface area contributed by atoms with E-state index in [2.05, 4.69) is 25.9 Å². The molecular weight excluding hydrogens is 274 g/mol. The molecule has 0 amide bonds. The van der Waals surface area contributed by atoms with Crippen LogP contribution in [0.5, 0.6) is 0 Å². The first kappa shape index (κ1) is 10.8. The number of nitrogens with two attached hydrogens (primary N) is 1. The molecule has 0 radical (unpaired) electrons. The van der Waals surface area contributed by atoms with Crippen LogP contribution in [0.2, 0.25) is 0 Å². The van der Waals surface area contributed by atoms with Gasteiger partial charge in [0.2, 0.25) is 0 Å². The van der Waals surface area contributed by atoms with Gasteiger partial charge in [-0.1, -0.05) is 15.9 Å². The molecule has 1 aromatic heterocycles. The lowest BCUT2D eigenvalue weighted by molar-refractivity contribution is 1.04. The van der Waals surface area contributed by atoms with Crippen molar-refractivity contribution >= 4 is 38.7 Å². The fourth-order valence-corrected chi connectivity index (χ4v) is 1.05. The maximum atomic E-state index is 5.55. The minimum absolute atomic E-state index is 0. The lowest BCUT2D eigenvalue weighted by Crippen LogP contribution is -1.99. The Kier molecular flexibility index (Phi) is 4.60. The molecule has 1 aromatic rings. The highest BCUT2D eigenvalue weighted by atomic mass is 79.9. The molecule has 0 bridgehead atoms. The molecule has 11 heavy (non-hydrogen) atoms. The minimum atomic E-state index is 0. The van der Waals surface area contributed by atoms with Gasteiger partial charge in [-0.3, -0.25) is 0 Å². The van der Waals surface area contributed by atoms with Gasteiger partial charge in [0.15, 0.2) is 0 Å². The molecule has 1 heterocycles. The summed E-state index contributed by atoms with van der Waals surface area (Å²) in [5.74, 6) is 1.27. The van der Waals surface area contributed by atoms with Gasteiger partial charge in [-0.2, -0.15) is 0 Å². The van der Waals surface area contributed by atoms with E-state index in [-0.39, 0.29) is 17.0 Å². The highest BCUT2D eigenvalue weighted by molar-refractivity contribution is 9.08. The van der Waals surface area contributed by atoms with Crippen LogP contribution < -0.4 is 5.73 Å². The Morgan fingerprint density at radius 2 is 2.27 bits per heavy atom. The van der Waals surface area contributed by atoms with E-state index in [0.29, 0.717) is 17.0 Å². The van der Waals surface area contributed by atoms with Crippen molar-refractivity contribution in [2.45, 2.75) is 12.3 Å². The molecule has 3 nitrogen and oxygen atoms in total. The summed E-state index contributed by atoms with van der Waals surface area (Å²) in [4.78, 5) is 7.97. The topological polar surface area (TPSA) is 51.8 Å². The first-order valence-electron chi connectivity index (χ1n) is 2.88. The standard InChI is InChI=1S/C6H8BrN3.BrH/c1-4-9-3-5(2-7)6(8)10-4;/h3H,2H2,1H3,(H2,8,9,10);1H. The van der Waals surface area contributed by atoms with Crippen molar-refractivity contribution in [2.75, 3.05) is 5.73 Å². The molecule has 0 aromatic carbocycles. The molecule has 0 atom stereocenters. The quantitative estimate of drug-likeness (QED) is 0.800. The molecule has 0 spiro atoms. The number of aromatic nitrogens is 2. The highest BCUT2D eigenvalue weighted by Crippen LogP contribution is 2.10. The van der Waals surface area contributed by atoms with Gasteiger partial charge >= 0.3 is 0 Å². The second-order valence-electron chi connectivity index (χ2n) is 1.96. The van der Waals surface area contributed by atoms with Gasteiger partial charge in [0.05, 0.1) is 0 Å². The molecule has 0 aliphatic rings. The number of rotatable bonds is 1. The maximum absolute atomic E-state index is 5.55. The summed E-state index contributed by atoms with van der Waals surface area (Å²) in [6.07, 6.45) is 1.73. The lowest BCUT2D eigenvalue weighted by Gasteiger charge is -1.99. The number of hydrogen-bond acceptors (Lipinski definition) is 3. The smallest absolute Gasteiger partial charge is 0.131 e. The second kappa shape index (κ2) is 4.66. The third kappa shape index (κ3) is 2.75. The molecule has 0 aliphatic carbocycles. The van der Waals surface area contributed by atoms with Crippen LogP contribution in [0.15, 0.2) is 6.20 Å². The minimum Gasteiger partial charge on any atom is -0.383 e. The van der Waals surface area contributed by atoms with Gasteiger partial charge in [0.1, 0.15) is 11.6 Å². The Morgan fingerprint density at radius 3 is 2.73 bits per heavy atom. The van der Waals surface area contributed by atoms with E-state index in [1.54, 1.807) is 6.20 Å². The van der Waals surface area contributed by atoms with E-state index in [1.165, 1.54) is 0 Å². The van der Waals surface area contributed by atoms with Crippen molar-refractivity contribution in [2.24, 2.45) is 0 Å². The number of alkyl halides is 1. The van der Waals surface area contributed by atoms with Gasteiger partial charge in [0.25, 0.3) is 0 Å². The largest absolute Gasteiger partial charge is 0.383 e. The summed E-state index contributed by atoms with van der Waals surface area (Å²) >= 11 is 3.27. The van der Waals surface area contributed by atoms with Crippen LogP contribution in [0.25, 0.3) is 0 Å². The van der Waals surface area contributed by atoms with Crippen molar-refractivity contribution in [3.63, 3.8) is 0 Å². The molecule has 2 N–H and O–H groups in total. The summed E-state index contributed by atoms with van der Waals surface area (Å²) < 4.78 is 0. The van der Waals surface area contributed by atoms with E-state index in [0.717, 1.165) is 5.56 Å². The fraction of sp³-hybridized carbons (Fsp3) is 0.333. The zero-order valence-electron chi connectivity index (χ0n) is 6.04. The van der Waals surface area contributed by atoms with Gasteiger partial charge in [0, 0.05) is 17.1 Å². The zero-order valence-corrected chi connectivity index (χ0v) is 9.34. The Balaban J connectivity index is 0.000001000. The van der Waals surface area contributed by atoms with E-state index in [4.69, 9.17) is 5.73 Å². The molecule has 62 valence electrons. The predicted octanol–water partition coefficient (Wildman–Crippen LogP) is 1.84. The lowest BCUT2D eigenvalue weighted by atomic mass is 10.3. The summed E-state index contributed by atoms with van der Waals surface area (Å²) in [6.45, 7) is 1.81. The van der Waals surface area contributed by atoms with Crippen LogP contribution >= 0.6 is 32.9 Å². The Labute approximate surface area is 84.3 Å². The molecule has 0 saturated heterocycles. The van der Waals surface area contributed by atoms with Gasteiger partial charge in [-0.15, -0.1) is 17.0 Å². The van der Waals surface area contributed by atoms with Gasteiger partial charge < -0.3 is 5.73 Å².